The fourth-order valence-corrected chi connectivity index (χ4v) is 1.67. The number of carbonyl (C=O) groups excluding carboxylic acids is 1. The summed E-state index contributed by atoms with van der Waals surface area (Å²) in [5.74, 6) is -0.179. The Kier molecular flexibility index (Phi) is 2.80. The van der Waals surface area contributed by atoms with Crippen LogP contribution in [-0.2, 0) is 0 Å². The van der Waals surface area contributed by atoms with Gasteiger partial charge in [0.1, 0.15) is 5.75 Å². The maximum Gasteiger partial charge on any atom is 0.252 e. The summed E-state index contributed by atoms with van der Waals surface area (Å²) < 4.78 is 0. The fourth-order valence-electron chi connectivity index (χ4n) is 1.47. The van der Waals surface area contributed by atoms with E-state index in [0.717, 1.165) is 12.8 Å². The average molecular weight is 240 g/mol. The van der Waals surface area contributed by atoms with Gasteiger partial charge in [0.15, 0.2) is 0 Å². The smallest absolute Gasteiger partial charge is 0.252 e. The molecule has 4 heteroatoms. The van der Waals surface area contributed by atoms with Crippen LogP contribution in [0.4, 0.5) is 0 Å². The number of halogens is 1. The highest BCUT2D eigenvalue weighted by molar-refractivity contribution is 6.33. The topological polar surface area (TPSA) is 49.3 Å². The Morgan fingerprint density at radius 1 is 1.56 bits per heavy atom. The fraction of sp³-hybridized carbons (Fsp3) is 0.417. The molecule has 0 atom stereocenters. The Labute approximate surface area is 99.4 Å². The van der Waals surface area contributed by atoms with Gasteiger partial charge in [-0.3, -0.25) is 4.79 Å². The van der Waals surface area contributed by atoms with E-state index in [-0.39, 0.29) is 17.1 Å². The van der Waals surface area contributed by atoms with Crippen molar-refractivity contribution in [1.82, 2.24) is 5.32 Å². The molecule has 86 valence electrons. The molecule has 2 N–H and O–H groups in total. The molecule has 0 saturated heterocycles. The first-order chi connectivity index (χ1) is 7.50. The SMILES string of the molecule is CC1(CNC(=O)c2cc(O)ccc2Cl)CC1. The normalized spacial score (nSPS) is 16.9. The second kappa shape index (κ2) is 3.98. The molecule has 0 aromatic heterocycles. The van der Waals surface area contributed by atoms with E-state index in [9.17, 15) is 9.90 Å². The van der Waals surface area contributed by atoms with Crippen molar-refractivity contribution in [2.24, 2.45) is 5.41 Å². The molecule has 1 aromatic carbocycles. The number of rotatable bonds is 3. The molecule has 1 aliphatic carbocycles. The van der Waals surface area contributed by atoms with E-state index in [2.05, 4.69) is 12.2 Å². The first-order valence-corrected chi connectivity index (χ1v) is 5.65. The number of hydrogen-bond donors (Lipinski definition) is 2. The van der Waals surface area contributed by atoms with Crippen LogP contribution in [0.3, 0.4) is 0 Å². The molecule has 0 bridgehead atoms. The summed E-state index contributed by atoms with van der Waals surface area (Å²) in [7, 11) is 0. The third-order valence-corrected chi connectivity index (χ3v) is 3.30. The lowest BCUT2D eigenvalue weighted by Gasteiger charge is -2.11. The first kappa shape index (κ1) is 11.3. The third-order valence-electron chi connectivity index (χ3n) is 2.97. The van der Waals surface area contributed by atoms with Gasteiger partial charge < -0.3 is 10.4 Å². The van der Waals surface area contributed by atoms with Crippen LogP contribution in [0, 0.1) is 5.41 Å². The number of aromatic hydroxyl groups is 1. The Balaban J connectivity index is 2.05. The third kappa shape index (κ3) is 2.47. The second-order valence-corrected chi connectivity index (χ2v) is 5.06. The van der Waals surface area contributed by atoms with Crippen LogP contribution in [0.1, 0.15) is 30.1 Å². The zero-order valence-electron chi connectivity index (χ0n) is 9.09. The van der Waals surface area contributed by atoms with Gasteiger partial charge in [0.2, 0.25) is 0 Å². The van der Waals surface area contributed by atoms with Gasteiger partial charge in [-0.25, -0.2) is 0 Å². The van der Waals surface area contributed by atoms with Crippen molar-refractivity contribution in [3.8, 4) is 5.75 Å². The molecule has 0 radical (unpaired) electrons. The highest BCUT2D eigenvalue weighted by atomic mass is 35.5. The lowest BCUT2D eigenvalue weighted by atomic mass is 10.1. The summed E-state index contributed by atoms with van der Waals surface area (Å²) in [6, 6.07) is 4.36. The standard InChI is InChI=1S/C12H14ClNO2/c1-12(4-5-12)7-14-11(16)9-6-8(15)2-3-10(9)13/h2-3,6,15H,4-5,7H2,1H3,(H,14,16). The Morgan fingerprint density at radius 2 is 2.25 bits per heavy atom. The van der Waals surface area contributed by atoms with Gasteiger partial charge in [-0.05, 0) is 36.5 Å². The lowest BCUT2D eigenvalue weighted by Crippen LogP contribution is -2.29. The number of benzene rings is 1. The number of nitrogens with one attached hydrogen (secondary N) is 1. The van der Waals surface area contributed by atoms with Gasteiger partial charge >= 0.3 is 0 Å². The summed E-state index contributed by atoms with van der Waals surface area (Å²) in [6.07, 6.45) is 2.31. The molecule has 0 spiro atoms. The number of amides is 1. The largest absolute Gasteiger partial charge is 0.508 e. The van der Waals surface area contributed by atoms with Crippen LogP contribution in [0.2, 0.25) is 5.02 Å². The molecular weight excluding hydrogens is 226 g/mol. The zero-order chi connectivity index (χ0) is 11.8. The molecular formula is C12H14ClNO2. The monoisotopic (exact) mass is 239 g/mol. The quantitative estimate of drug-likeness (QED) is 0.852. The van der Waals surface area contributed by atoms with Crippen LogP contribution < -0.4 is 5.32 Å². The van der Waals surface area contributed by atoms with Crippen LogP contribution in [-0.4, -0.2) is 17.6 Å². The number of carbonyl (C=O) groups is 1. The van der Waals surface area contributed by atoms with Gasteiger partial charge in [0.25, 0.3) is 5.91 Å². The van der Waals surface area contributed by atoms with Gasteiger partial charge in [-0.2, -0.15) is 0 Å². The van der Waals surface area contributed by atoms with E-state index in [0.29, 0.717) is 17.1 Å². The van der Waals surface area contributed by atoms with Crippen molar-refractivity contribution in [2.45, 2.75) is 19.8 Å². The van der Waals surface area contributed by atoms with E-state index >= 15 is 0 Å². The molecule has 0 unspecified atom stereocenters. The maximum absolute atomic E-state index is 11.8. The van der Waals surface area contributed by atoms with Crippen molar-refractivity contribution in [1.29, 1.82) is 0 Å². The van der Waals surface area contributed by atoms with E-state index in [4.69, 9.17) is 11.6 Å². The second-order valence-electron chi connectivity index (χ2n) is 4.66. The Morgan fingerprint density at radius 3 is 2.88 bits per heavy atom. The number of phenolic OH excluding ortho intramolecular Hbond substituents is 1. The summed E-state index contributed by atoms with van der Waals surface area (Å²) in [5.41, 5.74) is 0.588. The van der Waals surface area contributed by atoms with Crippen molar-refractivity contribution in [3.63, 3.8) is 0 Å². The van der Waals surface area contributed by atoms with Crippen LogP contribution in [0.5, 0.6) is 5.75 Å². The minimum Gasteiger partial charge on any atom is -0.508 e. The van der Waals surface area contributed by atoms with Crippen molar-refractivity contribution in [3.05, 3.63) is 28.8 Å². The first-order valence-electron chi connectivity index (χ1n) is 5.27. The average Bonchev–Trinajstić information content (AvgIpc) is 2.97. The summed E-state index contributed by atoms with van der Waals surface area (Å²) in [4.78, 5) is 11.8. The molecule has 3 nitrogen and oxygen atoms in total. The summed E-state index contributed by atoms with van der Waals surface area (Å²) >= 11 is 5.88. The number of phenols is 1. The van der Waals surface area contributed by atoms with Crippen molar-refractivity contribution >= 4 is 17.5 Å². The molecule has 1 aromatic rings. The van der Waals surface area contributed by atoms with Gasteiger partial charge in [0.05, 0.1) is 10.6 Å². The molecule has 1 fully saturated rings. The highest BCUT2D eigenvalue weighted by Gasteiger charge is 2.37. The van der Waals surface area contributed by atoms with Crippen molar-refractivity contribution < 1.29 is 9.90 Å². The maximum atomic E-state index is 11.8. The van der Waals surface area contributed by atoms with E-state index < -0.39 is 0 Å². The molecule has 0 heterocycles. The molecule has 1 amide bonds. The minimum absolute atomic E-state index is 0.0483. The highest BCUT2D eigenvalue weighted by Crippen LogP contribution is 2.44. The van der Waals surface area contributed by atoms with Crippen LogP contribution >= 0.6 is 11.6 Å². The Bertz CT molecular complexity index is 427. The molecule has 2 rings (SSSR count). The zero-order valence-corrected chi connectivity index (χ0v) is 9.84. The van der Waals surface area contributed by atoms with E-state index in [1.54, 1.807) is 0 Å². The molecule has 1 aliphatic rings. The predicted molar refractivity (Wildman–Crippen MR) is 62.8 cm³/mol. The minimum atomic E-state index is -0.228. The van der Waals surface area contributed by atoms with E-state index in [1.807, 2.05) is 0 Å². The summed E-state index contributed by atoms with van der Waals surface area (Å²) in [6.45, 7) is 2.80. The Hall–Kier alpha value is -1.22. The molecule has 16 heavy (non-hydrogen) atoms. The van der Waals surface area contributed by atoms with Crippen LogP contribution in [0.15, 0.2) is 18.2 Å². The van der Waals surface area contributed by atoms with Crippen LogP contribution in [0.25, 0.3) is 0 Å². The van der Waals surface area contributed by atoms with Gasteiger partial charge in [-0.1, -0.05) is 18.5 Å². The molecule has 1 saturated carbocycles. The van der Waals surface area contributed by atoms with Crippen molar-refractivity contribution in [2.75, 3.05) is 6.54 Å². The number of hydrogen-bond acceptors (Lipinski definition) is 2. The van der Waals surface area contributed by atoms with Gasteiger partial charge in [-0.15, -0.1) is 0 Å². The van der Waals surface area contributed by atoms with E-state index in [1.165, 1.54) is 18.2 Å². The predicted octanol–water partition coefficient (Wildman–Crippen LogP) is 2.58. The molecule has 0 aliphatic heterocycles. The summed E-state index contributed by atoms with van der Waals surface area (Å²) in [5, 5.41) is 12.5. The van der Waals surface area contributed by atoms with Gasteiger partial charge in [0, 0.05) is 6.54 Å². The lowest BCUT2D eigenvalue weighted by molar-refractivity contribution is 0.0946.